The van der Waals surface area contributed by atoms with E-state index in [1.165, 1.54) is 0 Å². The third-order valence-electron chi connectivity index (χ3n) is 1.69. The molecule has 0 aliphatic carbocycles. The molecule has 0 spiro atoms. The average molecular weight is 197 g/mol. The summed E-state index contributed by atoms with van der Waals surface area (Å²) < 4.78 is 1.98. The summed E-state index contributed by atoms with van der Waals surface area (Å²) in [7, 11) is 1.99. The number of hydrogen-bond donors (Lipinski definition) is 1. The Morgan fingerprint density at radius 1 is 1.43 bits per heavy atom. The summed E-state index contributed by atoms with van der Waals surface area (Å²) in [5.74, 6) is 0. The molecule has 1 aromatic rings. The minimum atomic E-state index is 0.564. The van der Waals surface area contributed by atoms with Crippen LogP contribution in [0.1, 0.15) is 33.4 Å². The van der Waals surface area contributed by atoms with E-state index in [0.29, 0.717) is 6.04 Å². The van der Waals surface area contributed by atoms with Crippen LogP contribution in [-0.4, -0.2) is 22.1 Å². The summed E-state index contributed by atoms with van der Waals surface area (Å²) in [6.45, 7) is 9.31. The number of imidazole rings is 1. The number of aryl methyl sites for hydroxylation is 1. The molecule has 0 fully saturated rings. The highest BCUT2D eigenvalue weighted by Crippen LogP contribution is 1.94. The Bertz CT molecular complexity index is 228. The maximum absolute atomic E-state index is 4.24. The molecule has 3 nitrogen and oxygen atoms in total. The van der Waals surface area contributed by atoms with Gasteiger partial charge in [-0.3, -0.25) is 0 Å². The van der Waals surface area contributed by atoms with E-state index in [4.69, 9.17) is 0 Å². The van der Waals surface area contributed by atoms with Gasteiger partial charge in [-0.2, -0.15) is 0 Å². The largest absolute Gasteiger partial charge is 0.340 e. The van der Waals surface area contributed by atoms with Crippen LogP contribution < -0.4 is 5.32 Å². The number of aromatic nitrogens is 2. The lowest BCUT2D eigenvalue weighted by Crippen LogP contribution is -2.24. The van der Waals surface area contributed by atoms with Gasteiger partial charge in [0.05, 0.1) is 12.0 Å². The average Bonchev–Trinajstić information content (AvgIpc) is 2.54. The molecule has 1 N–H and O–H groups in total. The Kier molecular flexibility index (Phi) is 7.11. The molecule has 14 heavy (non-hydrogen) atoms. The molecule has 1 heterocycles. The van der Waals surface area contributed by atoms with Crippen LogP contribution in [0.25, 0.3) is 0 Å². The molecule has 82 valence electrons. The summed E-state index contributed by atoms with van der Waals surface area (Å²) in [5, 5.41) is 3.35. The first-order valence-electron chi connectivity index (χ1n) is 5.38. The number of hydrogen-bond acceptors (Lipinski definition) is 2. The lowest BCUT2D eigenvalue weighted by molar-refractivity contribution is 0.587. The Labute approximate surface area is 87.5 Å². The second-order valence-corrected chi connectivity index (χ2v) is 3.39. The van der Waals surface area contributed by atoms with E-state index in [9.17, 15) is 0 Å². The maximum atomic E-state index is 4.24. The predicted octanol–water partition coefficient (Wildman–Crippen LogP) is 1.99. The second kappa shape index (κ2) is 7.56. The lowest BCUT2D eigenvalue weighted by atomic mass is 10.3. The van der Waals surface area contributed by atoms with Crippen LogP contribution in [0.3, 0.4) is 0 Å². The SMILES string of the molecule is CC.CC(C)NCCc1cn(C)cn1. The van der Waals surface area contributed by atoms with Crippen LogP contribution in [-0.2, 0) is 13.5 Å². The first-order valence-corrected chi connectivity index (χ1v) is 5.38. The zero-order chi connectivity index (χ0) is 11.0. The van der Waals surface area contributed by atoms with Gasteiger partial charge in [-0.15, -0.1) is 0 Å². The zero-order valence-corrected chi connectivity index (χ0v) is 10.0. The normalized spacial score (nSPS) is 9.86. The van der Waals surface area contributed by atoms with Crippen molar-refractivity contribution < 1.29 is 0 Å². The highest BCUT2D eigenvalue weighted by molar-refractivity contribution is 4.96. The van der Waals surface area contributed by atoms with E-state index in [-0.39, 0.29) is 0 Å². The van der Waals surface area contributed by atoms with Crippen LogP contribution in [0.5, 0.6) is 0 Å². The van der Waals surface area contributed by atoms with Gasteiger partial charge < -0.3 is 9.88 Å². The molecule has 0 radical (unpaired) electrons. The van der Waals surface area contributed by atoms with E-state index in [1.54, 1.807) is 0 Å². The van der Waals surface area contributed by atoms with Crippen LogP contribution in [0, 0.1) is 0 Å². The smallest absolute Gasteiger partial charge is 0.0946 e. The van der Waals surface area contributed by atoms with E-state index in [0.717, 1.165) is 18.7 Å². The standard InChI is InChI=1S/C9H17N3.C2H6/c1-8(2)10-5-4-9-6-12(3)7-11-9;1-2/h6-8,10H,4-5H2,1-3H3;1-2H3. The van der Waals surface area contributed by atoms with E-state index >= 15 is 0 Å². The molecule has 0 bridgehead atoms. The van der Waals surface area contributed by atoms with Crippen molar-refractivity contribution in [3.05, 3.63) is 18.2 Å². The van der Waals surface area contributed by atoms with E-state index in [1.807, 2.05) is 31.8 Å². The van der Waals surface area contributed by atoms with Crippen molar-refractivity contribution in [3.8, 4) is 0 Å². The van der Waals surface area contributed by atoms with Gasteiger partial charge in [0.15, 0.2) is 0 Å². The van der Waals surface area contributed by atoms with Gasteiger partial charge in [-0.05, 0) is 0 Å². The Morgan fingerprint density at radius 3 is 2.50 bits per heavy atom. The van der Waals surface area contributed by atoms with Gasteiger partial charge in [0.25, 0.3) is 0 Å². The fourth-order valence-electron chi connectivity index (χ4n) is 1.08. The van der Waals surface area contributed by atoms with Crippen LogP contribution in [0.2, 0.25) is 0 Å². The fourth-order valence-corrected chi connectivity index (χ4v) is 1.08. The molecule has 0 aromatic carbocycles. The zero-order valence-electron chi connectivity index (χ0n) is 10.0. The highest BCUT2D eigenvalue weighted by atomic mass is 15.0. The van der Waals surface area contributed by atoms with Crippen molar-refractivity contribution in [2.24, 2.45) is 7.05 Å². The van der Waals surface area contributed by atoms with E-state index < -0.39 is 0 Å². The van der Waals surface area contributed by atoms with Gasteiger partial charge in [-0.25, -0.2) is 4.98 Å². The van der Waals surface area contributed by atoms with E-state index in [2.05, 4.69) is 30.3 Å². The van der Waals surface area contributed by atoms with Crippen LogP contribution in [0.4, 0.5) is 0 Å². The lowest BCUT2D eigenvalue weighted by Gasteiger charge is -2.05. The summed E-state index contributed by atoms with van der Waals surface area (Å²) in [6, 6.07) is 0.564. The minimum Gasteiger partial charge on any atom is -0.340 e. The van der Waals surface area contributed by atoms with Gasteiger partial charge in [-0.1, -0.05) is 27.7 Å². The molecular weight excluding hydrogens is 174 g/mol. The Hall–Kier alpha value is -0.830. The molecule has 0 aliphatic heterocycles. The number of nitrogens with zero attached hydrogens (tertiary/aromatic N) is 2. The van der Waals surface area contributed by atoms with Crippen molar-refractivity contribution in [3.63, 3.8) is 0 Å². The maximum Gasteiger partial charge on any atom is 0.0946 e. The van der Waals surface area contributed by atoms with Crippen molar-refractivity contribution >= 4 is 0 Å². The summed E-state index contributed by atoms with van der Waals surface area (Å²) >= 11 is 0. The number of nitrogens with one attached hydrogen (secondary N) is 1. The number of rotatable bonds is 4. The van der Waals surface area contributed by atoms with Gasteiger partial charge >= 0.3 is 0 Å². The van der Waals surface area contributed by atoms with Crippen LogP contribution in [0.15, 0.2) is 12.5 Å². The fraction of sp³-hybridized carbons (Fsp3) is 0.727. The van der Waals surface area contributed by atoms with Crippen molar-refractivity contribution in [2.75, 3.05) is 6.54 Å². The van der Waals surface area contributed by atoms with Gasteiger partial charge in [0.1, 0.15) is 0 Å². The molecule has 0 unspecified atom stereocenters. The minimum absolute atomic E-state index is 0.564. The van der Waals surface area contributed by atoms with Crippen molar-refractivity contribution in [1.82, 2.24) is 14.9 Å². The topological polar surface area (TPSA) is 29.9 Å². The molecule has 1 rings (SSSR count). The highest BCUT2D eigenvalue weighted by Gasteiger charge is 1.96. The summed E-state index contributed by atoms with van der Waals surface area (Å²) in [6.07, 6.45) is 4.91. The molecule has 0 amide bonds. The molecule has 1 aromatic heterocycles. The Morgan fingerprint density at radius 2 is 2.07 bits per heavy atom. The predicted molar refractivity (Wildman–Crippen MR) is 61.4 cm³/mol. The molecule has 0 saturated heterocycles. The first-order chi connectivity index (χ1) is 6.68. The monoisotopic (exact) mass is 197 g/mol. The van der Waals surface area contributed by atoms with Gasteiger partial charge in [0.2, 0.25) is 0 Å². The second-order valence-electron chi connectivity index (χ2n) is 3.39. The summed E-state index contributed by atoms with van der Waals surface area (Å²) in [4.78, 5) is 4.24. The summed E-state index contributed by atoms with van der Waals surface area (Å²) in [5.41, 5.74) is 1.16. The van der Waals surface area contributed by atoms with Gasteiger partial charge in [0, 0.05) is 32.3 Å². The third kappa shape index (κ3) is 5.75. The van der Waals surface area contributed by atoms with Crippen molar-refractivity contribution in [1.29, 1.82) is 0 Å². The third-order valence-corrected chi connectivity index (χ3v) is 1.69. The Balaban J connectivity index is 0.000000791. The van der Waals surface area contributed by atoms with Crippen LogP contribution >= 0.6 is 0 Å². The van der Waals surface area contributed by atoms with Crippen molar-refractivity contribution in [2.45, 2.75) is 40.2 Å². The molecular formula is C11H23N3. The molecule has 3 heteroatoms. The quantitative estimate of drug-likeness (QED) is 0.800. The first kappa shape index (κ1) is 13.2. The molecule has 0 saturated carbocycles. The molecule has 0 aliphatic rings. The molecule has 0 atom stereocenters.